The Hall–Kier alpha value is 0.140. The van der Waals surface area contributed by atoms with Gasteiger partial charge in [0.15, 0.2) is 0 Å². The second kappa shape index (κ2) is 3.70. The molecule has 0 saturated heterocycles. The number of benzene rings is 1. The van der Waals surface area contributed by atoms with E-state index in [4.69, 9.17) is 5.11 Å². The molecule has 11 heavy (non-hydrogen) atoms. The lowest BCUT2D eigenvalue weighted by molar-refractivity contribution is 0.280. The Morgan fingerprint density at radius 3 is 2.27 bits per heavy atom. The molecule has 0 heterocycles. The van der Waals surface area contributed by atoms with E-state index in [0.717, 1.165) is 20.1 Å². The van der Waals surface area contributed by atoms with Crippen LogP contribution in [0, 0.1) is 6.92 Å². The highest BCUT2D eigenvalue weighted by molar-refractivity contribution is 9.11. The molecule has 0 atom stereocenters. The van der Waals surface area contributed by atoms with Crippen molar-refractivity contribution in [2.24, 2.45) is 0 Å². The maximum Gasteiger partial charge on any atom is 0.0695 e. The van der Waals surface area contributed by atoms with Crippen molar-refractivity contribution in [3.8, 4) is 0 Å². The standard InChI is InChI=1S/C8H8Br2O/c1-5-6(4-11)8(10)3-2-7(5)9/h2-3,11H,4H2,1H3. The average molecular weight is 280 g/mol. The number of hydrogen-bond acceptors (Lipinski definition) is 1. The summed E-state index contributed by atoms with van der Waals surface area (Å²) in [5.74, 6) is 0. The minimum atomic E-state index is 0.0753. The molecule has 3 heteroatoms. The molecule has 0 aliphatic carbocycles. The van der Waals surface area contributed by atoms with Crippen molar-refractivity contribution in [3.05, 3.63) is 32.2 Å². The largest absolute Gasteiger partial charge is 0.392 e. The fourth-order valence-corrected chi connectivity index (χ4v) is 1.82. The van der Waals surface area contributed by atoms with Gasteiger partial charge < -0.3 is 5.11 Å². The van der Waals surface area contributed by atoms with E-state index in [0.29, 0.717) is 0 Å². The van der Waals surface area contributed by atoms with Gasteiger partial charge in [0.2, 0.25) is 0 Å². The van der Waals surface area contributed by atoms with E-state index in [1.165, 1.54) is 0 Å². The molecule has 1 aromatic rings. The fraction of sp³-hybridized carbons (Fsp3) is 0.250. The molecule has 0 amide bonds. The Balaban J connectivity index is 3.29. The fourth-order valence-electron chi connectivity index (χ4n) is 0.889. The highest BCUT2D eigenvalue weighted by Crippen LogP contribution is 2.26. The van der Waals surface area contributed by atoms with Crippen LogP contribution in [-0.2, 0) is 6.61 Å². The topological polar surface area (TPSA) is 20.2 Å². The molecule has 1 N–H and O–H groups in total. The van der Waals surface area contributed by atoms with Crippen LogP contribution in [0.2, 0.25) is 0 Å². The van der Waals surface area contributed by atoms with Crippen LogP contribution in [0.5, 0.6) is 0 Å². The van der Waals surface area contributed by atoms with Crippen LogP contribution in [0.4, 0.5) is 0 Å². The number of aliphatic hydroxyl groups excluding tert-OH is 1. The summed E-state index contributed by atoms with van der Waals surface area (Å²) in [7, 11) is 0. The first-order valence-electron chi connectivity index (χ1n) is 3.21. The molecular formula is C8H8Br2O. The zero-order valence-corrected chi connectivity index (χ0v) is 9.24. The van der Waals surface area contributed by atoms with E-state index in [1.807, 2.05) is 19.1 Å². The smallest absolute Gasteiger partial charge is 0.0695 e. The maximum atomic E-state index is 8.97. The first kappa shape index (κ1) is 9.23. The van der Waals surface area contributed by atoms with Crippen molar-refractivity contribution in [1.29, 1.82) is 0 Å². The van der Waals surface area contributed by atoms with Gasteiger partial charge in [-0.3, -0.25) is 0 Å². The third-order valence-corrected chi connectivity index (χ3v) is 3.24. The van der Waals surface area contributed by atoms with E-state index in [2.05, 4.69) is 31.9 Å². The van der Waals surface area contributed by atoms with Crippen LogP contribution in [0.25, 0.3) is 0 Å². The maximum absolute atomic E-state index is 8.97. The first-order chi connectivity index (χ1) is 5.16. The molecule has 1 nitrogen and oxygen atoms in total. The summed E-state index contributed by atoms with van der Waals surface area (Å²) >= 11 is 6.75. The molecule has 0 fully saturated rings. The highest BCUT2D eigenvalue weighted by atomic mass is 79.9. The number of hydrogen-bond donors (Lipinski definition) is 1. The third-order valence-electron chi connectivity index (χ3n) is 1.63. The summed E-state index contributed by atoms with van der Waals surface area (Å²) in [4.78, 5) is 0. The summed E-state index contributed by atoms with van der Waals surface area (Å²) in [6.45, 7) is 2.05. The number of aliphatic hydroxyl groups is 1. The second-order valence-corrected chi connectivity index (χ2v) is 4.00. The normalized spacial score (nSPS) is 10.2. The molecule has 1 aromatic carbocycles. The molecule has 1 rings (SSSR count). The minimum absolute atomic E-state index is 0.0753. The zero-order chi connectivity index (χ0) is 8.43. The molecule has 0 saturated carbocycles. The summed E-state index contributed by atoms with van der Waals surface area (Å²) in [5, 5.41) is 8.97. The van der Waals surface area contributed by atoms with Crippen molar-refractivity contribution in [3.63, 3.8) is 0 Å². The van der Waals surface area contributed by atoms with Crippen LogP contribution >= 0.6 is 31.9 Å². The molecular weight excluding hydrogens is 272 g/mol. The molecule has 0 radical (unpaired) electrons. The predicted octanol–water partition coefficient (Wildman–Crippen LogP) is 3.01. The van der Waals surface area contributed by atoms with Crippen LogP contribution in [0.1, 0.15) is 11.1 Å². The zero-order valence-electron chi connectivity index (χ0n) is 6.06. The van der Waals surface area contributed by atoms with Gasteiger partial charge in [-0.2, -0.15) is 0 Å². The number of halogens is 2. The monoisotopic (exact) mass is 278 g/mol. The van der Waals surface area contributed by atoms with Gasteiger partial charge in [0, 0.05) is 8.95 Å². The SMILES string of the molecule is Cc1c(Br)ccc(Br)c1CO. The van der Waals surface area contributed by atoms with Gasteiger partial charge in [0.05, 0.1) is 6.61 Å². The Morgan fingerprint density at radius 1 is 1.27 bits per heavy atom. The average Bonchev–Trinajstić information content (AvgIpc) is 1.99. The molecule has 60 valence electrons. The van der Waals surface area contributed by atoms with E-state index >= 15 is 0 Å². The molecule has 0 aromatic heterocycles. The van der Waals surface area contributed by atoms with Crippen molar-refractivity contribution >= 4 is 31.9 Å². The first-order valence-corrected chi connectivity index (χ1v) is 4.79. The number of rotatable bonds is 1. The van der Waals surface area contributed by atoms with Crippen molar-refractivity contribution in [1.82, 2.24) is 0 Å². The van der Waals surface area contributed by atoms with E-state index < -0.39 is 0 Å². The van der Waals surface area contributed by atoms with E-state index in [9.17, 15) is 0 Å². The Kier molecular flexibility index (Phi) is 3.10. The summed E-state index contributed by atoms with van der Waals surface area (Å²) in [6.07, 6.45) is 0. The highest BCUT2D eigenvalue weighted by Gasteiger charge is 2.04. The van der Waals surface area contributed by atoms with Gasteiger partial charge in [0.1, 0.15) is 0 Å². The lowest BCUT2D eigenvalue weighted by atomic mass is 10.1. The second-order valence-electron chi connectivity index (χ2n) is 2.29. The molecule has 0 bridgehead atoms. The van der Waals surface area contributed by atoms with Crippen LogP contribution in [0.3, 0.4) is 0 Å². The quantitative estimate of drug-likeness (QED) is 0.838. The van der Waals surface area contributed by atoms with Crippen molar-refractivity contribution < 1.29 is 5.11 Å². The predicted molar refractivity (Wildman–Crippen MR) is 52.5 cm³/mol. The van der Waals surface area contributed by atoms with Gasteiger partial charge in [-0.25, -0.2) is 0 Å². The molecule has 0 aliphatic heterocycles. The van der Waals surface area contributed by atoms with Crippen LogP contribution in [-0.4, -0.2) is 5.11 Å². The Morgan fingerprint density at radius 2 is 1.82 bits per heavy atom. The summed E-state index contributed by atoms with van der Waals surface area (Å²) < 4.78 is 1.99. The minimum Gasteiger partial charge on any atom is -0.392 e. The molecule has 0 spiro atoms. The Bertz CT molecular complexity index is 271. The molecule has 0 aliphatic rings. The van der Waals surface area contributed by atoms with Crippen molar-refractivity contribution in [2.45, 2.75) is 13.5 Å². The molecule has 0 unspecified atom stereocenters. The summed E-state index contributed by atoms with van der Waals surface area (Å²) in [5.41, 5.74) is 2.03. The van der Waals surface area contributed by atoms with E-state index in [1.54, 1.807) is 0 Å². The third kappa shape index (κ3) is 1.83. The van der Waals surface area contributed by atoms with Crippen LogP contribution < -0.4 is 0 Å². The van der Waals surface area contributed by atoms with Crippen LogP contribution in [0.15, 0.2) is 21.1 Å². The van der Waals surface area contributed by atoms with Gasteiger partial charge in [-0.05, 0) is 30.2 Å². The summed E-state index contributed by atoms with van der Waals surface area (Å²) in [6, 6.07) is 3.88. The lowest BCUT2D eigenvalue weighted by Crippen LogP contribution is -1.90. The van der Waals surface area contributed by atoms with Gasteiger partial charge in [0.25, 0.3) is 0 Å². The van der Waals surface area contributed by atoms with Gasteiger partial charge >= 0.3 is 0 Å². The van der Waals surface area contributed by atoms with Gasteiger partial charge in [-0.1, -0.05) is 31.9 Å². The van der Waals surface area contributed by atoms with E-state index in [-0.39, 0.29) is 6.61 Å². The lowest BCUT2D eigenvalue weighted by Gasteiger charge is -2.06. The Labute approximate surface area is 82.7 Å². The van der Waals surface area contributed by atoms with Crippen molar-refractivity contribution in [2.75, 3.05) is 0 Å². The van der Waals surface area contributed by atoms with Gasteiger partial charge in [-0.15, -0.1) is 0 Å².